The van der Waals surface area contributed by atoms with E-state index in [9.17, 15) is 19.1 Å². The lowest BCUT2D eigenvalue weighted by Crippen LogP contribution is -2.16. The Morgan fingerprint density at radius 3 is 2.54 bits per heavy atom. The third kappa shape index (κ3) is 5.17. The van der Waals surface area contributed by atoms with Gasteiger partial charge < -0.3 is 14.2 Å². The van der Waals surface area contributed by atoms with Crippen molar-refractivity contribution in [2.45, 2.75) is 39.2 Å². The van der Waals surface area contributed by atoms with Crippen LogP contribution in [0.5, 0.6) is 0 Å². The van der Waals surface area contributed by atoms with Crippen LogP contribution in [0.4, 0.5) is 4.39 Å². The molecule has 0 aliphatic rings. The van der Waals surface area contributed by atoms with Crippen molar-refractivity contribution >= 4 is 34.1 Å². The number of hydrogen-bond acceptors (Lipinski definition) is 4. The van der Waals surface area contributed by atoms with Crippen LogP contribution in [0.3, 0.4) is 0 Å². The van der Waals surface area contributed by atoms with Gasteiger partial charge in [0.25, 0.3) is 0 Å². The monoisotopic (exact) mass is 473 g/mol. The molecule has 0 radical (unpaired) electrons. The lowest BCUT2D eigenvalue weighted by molar-refractivity contribution is -0.145. The number of ketones is 1. The third-order valence-electron chi connectivity index (χ3n) is 6.00. The van der Waals surface area contributed by atoms with Crippen molar-refractivity contribution in [2.75, 3.05) is 6.61 Å². The first-order valence-electron chi connectivity index (χ1n) is 11.8. The van der Waals surface area contributed by atoms with Crippen molar-refractivity contribution in [1.82, 2.24) is 4.40 Å². The van der Waals surface area contributed by atoms with E-state index in [0.29, 0.717) is 0 Å². The van der Waals surface area contributed by atoms with Crippen LogP contribution >= 0.6 is 0 Å². The summed E-state index contributed by atoms with van der Waals surface area (Å²) in [5, 5.41) is 12.7. The zero-order chi connectivity index (χ0) is 24.9. The number of rotatable bonds is 9. The molecule has 2 aromatic heterocycles. The lowest BCUT2D eigenvalue weighted by atomic mass is 9.97. The van der Waals surface area contributed by atoms with E-state index >= 15 is 0 Å². The normalized spacial score (nSPS) is 12.5. The highest BCUT2D eigenvalue weighted by Crippen LogP contribution is 2.38. The fourth-order valence-corrected chi connectivity index (χ4v) is 4.50. The summed E-state index contributed by atoms with van der Waals surface area (Å²) >= 11 is 0. The molecule has 6 heteroatoms. The molecule has 180 valence electrons. The van der Waals surface area contributed by atoms with Gasteiger partial charge in [-0.15, -0.1) is 0 Å². The zero-order valence-electron chi connectivity index (χ0n) is 19.8. The number of benzene rings is 2. The maximum atomic E-state index is 13.7. The molecular weight excluding hydrogens is 445 g/mol. The summed E-state index contributed by atoms with van der Waals surface area (Å²) in [6.07, 6.45) is 4.55. The first-order chi connectivity index (χ1) is 16.9. The largest absolute Gasteiger partial charge is 0.466 e. The number of aliphatic hydroxyl groups excluding tert-OH is 1. The number of Topliss-reactive ketones (excluding diaryl/α,β-unsaturated/α-hetero) is 1. The molecule has 0 fully saturated rings. The maximum Gasteiger partial charge on any atom is 0.313 e. The number of halogens is 1. The summed E-state index contributed by atoms with van der Waals surface area (Å²) in [4.78, 5) is 23.7. The van der Waals surface area contributed by atoms with E-state index < -0.39 is 12.1 Å². The second kappa shape index (κ2) is 10.7. The Morgan fingerprint density at radius 1 is 1.09 bits per heavy atom. The van der Waals surface area contributed by atoms with Crippen LogP contribution in [0, 0.1) is 5.82 Å². The summed E-state index contributed by atoms with van der Waals surface area (Å²) in [6, 6.07) is 16.5. The number of ether oxygens (including phenoxy) is 1. The standard InChI is InChI=1S/C29H28FNO4/c1-3-26-25(14-13-22(32)17-23(33)18-27(34)35-4-2)28(20-9-11-21(30)12-10-20)29-24-8-6-5-7-19(24)15-16-31(26)29/h5-16,22,32H,3-4,17-18H2,1-2H3. The number of carbonyl (C=O) groups excluding carboxylic acids is 2. The highest BCUT2D eigenvalue weighted by atomic mass is 19.1. The number of aryl methyl sites for hydroxylation is 1. The van der Waals surface area contributed by atoms with Gasteiger partial charge in [0.05, 0.1) is 18.2 Å². The van der Waals surface area contributed by atoms with E-state index in [2.05, 4.69) is 29.5 Å². The Balaban J connectivity index is 1.80. The predicted octanol–water partition coefficient (Wildman–Crippen LogP) is 5.75. The van der Waals surface area contributed by atoms with Crippen LogP contribution < -0.4 is 0 Å². The second-order valence-electron chi connectivity index (χ2n) is 8.37. The number of aliphatic hydroxyl groups is 1. The average Bonchev–Trinajstić information content (AvgIpc) is 3.17. The number of carbonyl (C=O) groups is 2. The summed E-state index contributed by atoms with van der Waals surface area (Å²) in [7, 11) is 0. The van der Waals surface area contributed by atoms with Gasteiger partial charge in [-0.3, -0.25) is 9.59 Å². The van der Waals surface area contributed by atoms with Gasteiger partial charge in [0.15, 0.2) is 0 Å². The molecule has 1 atom stereocenters. The maximum absolute atomic E-state index is 13.7. The van der Waals surface area contributed by atoms with Crippen molar-refractivity contribution in [3.8, 4) is 11.1 Å². The quantitative estimate of drug-likeness (QED) is 0.248. The molecule has 5 nitrogen and oxygen atoms in total. The van der Waals surface area contributed by atoms with Crippen molar-refractivity contribution in [2.24, 2.45) is 0 Å². The minimum atomic E-state index is -1.05. The van der Waals surface area contributed by atoms with E-state index in [1.165, 1.54) is 12.1 Å². The Labute approximate surface area is 203 Å². The van der Waals surface area contributed by atoms with Gasteiger partial charge in [0, 0.05) is 34.8 Å². The van der Waals surface area contributed by atoms with Crippen molar-refractivity contribution < 1.29 is 23.8 Å². The molecule has 0 bridgehead atoms. The number of aromatic nitrogens is 1. The third-order valence-corrected chi connectivity index (χ3v) is 6.00. The van der Waals surface area contributed by atoms with Gasteiger partial charge in [-0.2, -0.15) is 0 Å². The van der Waals surface area contributed by atoms with E-state index in [1.54, 1.807) is 25.1 Å². The van der Waals surface area contributed by atoms with Crippen molar-refractivity contribution in [1.29, 1.82) is 0 Å². The number of fused-ring (bicyclic) bond motifs is 3. The SMILES string of the molecule is CCOC(=O)CC(=O)CC(O)C=Cc1c(-c2ccc(F)cc2)c2c3ccccc3ccn2c1CC. The van der Waals surface area contributed by atoms with E-state index in [0.717, 1.165) is 45.1 Å². The Kier molecular flexibility index (Phi) is 7.42. The van der Waals surface area contributed by atoms with Crippen LogP contribution in [0.15, 0.2) is 66.9 Å². The molecule has 0 amide bonds. The zero-order valence-corrected chi connectivity index (χ0v) is 19.8. The summed E-state index contributed by atoms with van der Waals surface area (Å²) in [5.74, 6) is -1.29. The van der Waals surface area contributed by atoms with Crippen molar-refractivity contribution in [3.05, 3.63) is 83.9 Å². The fraction of sp³-hybridized carbons (Fsp3) is 0.241. The minimum Gasteiger partial charge on any atom is -0.466 e. The lowest BCUT2D eigenvalue weighted by Gasteiger charge is -2.07. The van der Waals surface area contributed by atoms with Crippen molar-refractivity contribution in [3.63, 3.8) is 0 Å². The molecule has 35 heavy (non-hydrogen) atoms. The highest BCUT2D eigenvalue weighted by Gasteiger charge is 2.20. The molecule has 1 unspecified atom stereocenters. The first-order valence-corrected chi connectivity index (χ1v) is 11.8. The van der Waals surface area contributed by atoms with Crippen LogP contribution in [0.1, 0.15) is 37.9 Å². The Morgan fingerprint density at radius 2 is 1.83 bits per heavy atom. The van der Waals surface area contributed by atoms with E-state index in [4.69, 9.17) is 4.74 Å². The van der Waals surface area contributed by atoms with Crippen LogP contribution in [-0.2, 0) is 20.7 Å². The highest BCUT2D eigenvalue weighted by molar-refractivity contribution is 6.06. The first kappa shape index (κ1) is 24.4. The smallest absolute Gasteiger partial charge is 0.313 e. The predicted molar refractivity (Wildman–Crippen MR) is 136 cm³/mol. The second-order valence-corrected chi connectivity index (χ2v) is 8.37. The molecular formula is C29H28FNO4. The number of esters is 1. The molecule has 0 saturated carbocycles. The molecule has 0 aliphatic carbocycles. The van der Waals surface area contributed by atoms with Gasteiger partial charge in [0.2, 0.25) is 0 Å². The summed E-state index contributed by atoms with van der Waals surface area (Å²) in [6.45, 7) is 3.94. The van der Waals surface area contributed by atoms with E-state index in [-0.39, 0.29) is 31.0 Å². The summed E-state index contributed by atoms with van der Waals surface area (Å²) < 4.78 is 20.7. The molecule has 2 aromatic carbocycles. The molecule has 4 rings (SSSR count). The number of nitrogens with zero attached hydrogens (tertiary/aromatic N) is 1. The fourth-order valence-electron chi connectivity index (χ4n) is 4.50. The van der Waals surface area contributed by atoms with Gasteiger partial charge in [-0.25, -0.2) is 4.39 Å². The Hall–Kier alpha value is -3.77. The van der Waals surface area contributed by atoms with Gasteiger partial charge in [0.1, 0.15) is 18.0 Å². The number of pyridine rings is 1. The van der Waals surface area contributed by atoms with Crippen LogP contribution in [0.25, 0.3) is 33.5 Å². The van der Waals surface area contributed by atoms with Gasteiger partial charge >= 0.3 is 5.97 Å². The van der Waals surface area contributed by atoms with Crippen LogP contribution in [-0.4, -0.2) is 34.0 Å². The van der Waals surface area contributed by atoms with E-state index in [1.807, 2.05) is 24.4 Å². The van der Waals surface area contributed by atoms with Gasteiger partial charge in [-0.1, -0.05) is 55.5 Å². The molecule has 4 aromatic rings. The summed E-state index contributed by atoms with van der Waals surface area (Å²) in [5.41, 5.74) is 4.71. The average molecular weight is 474 g/mol. The van der Waals surface area contributed by atoms with Crippen LogP contribution in [0.2, 0.25) is 0 Å². The minimum absolute atomic E-state index is 0.182. The number of hydrogen-bond donors (Lipinski definition) is 1. The molecule has 0 aliphatic heterocycles. The van der Waals surface area contributed by atoms with Gasteiger partial charge in [-0.05, 0) is 42.5 Å². The molecule has 2 heterocycles. The molecule has 0 saturated heterocycles. The Bertz CT molecular complexity index is 1400. The molecule has 1 N–H and O–H groups in total. The topological polar surface area (TPSA) is 68.0 Å². The molecule has 0 spiro atoms.